The van der Waals surface area contributed by atoms with Crippen molar-refractivity contribution >= 4 is 38.2 Å². The molecule has 6 nitrogen and oxygen atoms in total. The fourth-order valence-corrected chi connectivity index (χ4v) is 0.826. The van der Waals surface area contributed by atoms with Gasteiger partial charge in [-0.2, -0.15) is 8.42 Å². The van der Waals surface area contributed by atoms with E-state index in [1.54, 1.807) is 0 Å². The van der Waals surface area contributed by atoms with Crippen molar-refractivity contribution in [2.24, 2.45) is 16.6 Å². The van der Waals surface area contributed by atoms with Gasteiger partial charge in [0.05, 0.1) is 0 Å². The molecule has 8 heteroatoms. The molecule has 70 valence electrons. The fourth-order valence-electron chi connectivity index (χ4n) is 0.418. The summed E-state index contributed by atoms with van der Waals surface area (Å²) in [5.74, 6) is 0. The second-order valence-electron chi connectivity index (χ2n) is 2.26. The fraction of sp³-hybridized carbons (Fsp3) is 1.00. The van der Waals surface area contributed by atoms with Gasteiger partial charge in [0.25, 0.3) is 0 Å². The van der Waals surface area contributed by atoms with Crippen molar-refractivity contribution in [1.82, 2.24) is 0 Å². The van der Waals surface area contributed by atoms with Crippen molar-refractivity contribution in [3.8, 4) is 0 Å². The van der Waals surface area contributed by atoms with Crippen molar-refractivity contribution in [2.75, 3.05) is 6.54 Å². The number of rotatable bonds is 3. The Morgan fingerprint density at radius 1 is 1.50 bits per heavy atom. The van der Waals surface area contributed by atoms with E-state index in [2.05, 4.69) is 5.14 Å². The zero-order valence-corrected chi connectivity index (χ0v) is 9.92. The largest absolute Gasteiger partial charge is 0.330 e. The summed E-state index contributed by atoms with van der Waals surface area (Å²) in [5.41, 5.74) is 10.8. The maximum atomic E-state index is 8.97. The van der Waals surface area contributed by atoms with Crippen LogP contribution in [0.25, 0.3) is 0 Å². The monoisotopic (exact) mass is 207 g/mol. The van der Waals surface area contributed by atoms with Gasteiger partial charge >= 0.3 is 72.4 Å². The van der Waals surface area contributed by atoms with Crippen molar-refractivity contribution in [2.45, 2.75) is 16.1 Å². The van der Waals surface area contributed by atoms with E-state index >= 15 is 0 Å². The van der Waals surface area contributed by atoms with E-state index in [4.69, 9.17) is 24.4 Å². The summed E-state index contributed by atoms with van der Waals surface area (Å²) in [6.45, 7) is 0.739. The SMILES string of the molecule is NCCC(N)[CH2][Na].NS(=O)(=O)O. The van der Waals surface area contributed by atoms with Crippen LogP contribution < -0.4 is 16.6 Å². The normalized spacial score (nSPS) is 13.2. The molecule has 0 radical (unpaired) electrons. The molecule has 0 aliphatic heterocycles. The van der Waals surface area contributed by atoms with Crippen LogP contribution in [0.5, 0.6) is 0 Å². The van der Waals surface area contributed by atoms with Gasteiger partial charge in [-0.15, -0.1) is 0 Å². The third-order valence-corrected chi connectivity index (χ3v) is 2.11. The van der Waals surface area contributed by atoms with Gasteiger partial charge in [-0.05, 0) is 0 Å². The maximum Gasteiger partial charge on any atom is 0.330 e. The molecule has 0 spiro atoms. The predicted molar refractivity (Wildman–Crippen MR) is 47.9 cm³/mol. The summed E-state index contributed by atoms with van der Waals surface area (Å²) < 4.78 is 26.4. The van der Waals surface area contributed by atoms with E-state index in [0.717, 1.165) is 13.0 Å². The van der Waals surface area contributed by atoms with Gasteiger partial charge in [-0.1, -0.05) is 0 Å². The molecule has 0 aliphatic carbocycles. The van der Waals surface area contributed by atoms with Gasteiger partial charge in [-0.3, -0.25) is 4.55 Å². The van der Waals surface area contributed by atoms with E-state index in [1.807, 2.05) is 0 Å². The summed E-state index contributed by atoms with van der Waals surface area (Å²) in [4.78, 5) is 0. The van der Waals surface area contributed by atoms with Gasteiger partial charge in [0.1, 0.15) is 0 Å². The first-order chi connectivity index (χ1) is 5.31. The Hall–Kier alpha value is 0.790. The average molecular weight is 207 g/mol. The first-order valence-corrected chi connectivity index (χ1v) is 6.43. The molecule has 1 unspecified atom stereocenters. The molecular formula is C4H14N3NaO3S. The quantitative estimate of drug-likeness (QED) is 0.314. The number of hydrogen-bond donors (Lipinski definition) is 4. The summed E-state index contributed by atoms with van der Waals surface area (Å²) in [7, 11) is -4.17. The van der Waals surface area contributed by atoms with Crippen LogP contribution in [0.3, 0.4) is 0 Å². The summed E-state index contributed by atoms with van der Waals surface area (Å²) in [6, 6.07) is 0.386. The van der Waals surface area contributed by atoms with Gasteiger partial charge < -0.3 is 0 Å². The third-order valence-electron chi connectivity index (χ3n) is 1.06. The maximum absolute atomic E-state index is 8.97. The first-order valence-electron chi connectivity index (χ1n) is 3.52. The van der Waals surface area contributed by atoms with Crippen molar-refractivity contribution in [3.63, 3.8) is 0 Å². The third kappa shape index (κ3) is 30.8. The molecule has 0 fully saturated rings. The Morgan fingerprint density at radius 2 is 1.83 bits per heavy atom. The van der Waals surface area contributed by atoms with Gasteiger partial charge in [-0.25, -0.2) is 5.14 Å². The zero-order valence-electron chi connectivity index (χ0n) is 7.10. The summed E-state index contributed by atoms with van der Waals surface area (Å²) in [6.07, 6.45) is 0.990. The number of hydrogen-bond acceptors (Lipinski definition) is 4. The van der Waals surface area contributed by atoms with Crippen LogP contribution in [0.2, 0.25) is 3.67 Å². The minimum atomic E-state index is -4.17. The van der Waals surface area contributed by atoms with Crippen LogP contribution in [-0.2, 0) is 10.3 Å². The van der Waals surface area contributed by atoms with E-state index < -0.39 is 10.3 Å². The molecule has 0 bridgehead atoms. The van der Waals surface area contributed by atoms with E-state index in [9.17, 15) is 0 Å². The van der Waals surface area contributed by atoms with Crippen LogP contribution in [0.1, 0.15) is 6.42 Å². The molecule has 0 saturated carbocycles. The Kier molecular flexibility index (Phi) is 10.7. The minimum Gasteiger partial charge on any atom is -0.274 e. The van der Waals surface area contributed by atoms with Crippen LogP contribution in [0, 0.1) is 0 Å². The average Bonchev–Trinajstić information content (AvgIpc) is 1.85. The Bertz CT molecular complexity index is 176. The van der Waals surface area contributed by atoms with Crippen LogP contribution in [0.4, 0.5) is 0 Å². The Balaban J connectivity index is 0. The second kappa shape index (κ2) is 8.39. The molecular weight excluding hydrogens is 193 g/mol. The zero-order chi connectivity index (χ0) is 10.2. The van der Waals surface area contributed by atoms with Crippen molar-refractivity contribution < 1.29 is 13.0 Å². The topological polar surface area (TPSA) is 132 Å². The van der Waals surface area contributed by atoms with Crippen LogP contribution in [-0.4, -0.2) is 53.5 Å². The van der Waals surface area contributed by atoms with Crippen molar-refractivity contribution in [3.05, 3.63) is 0 Å². The van der Waals surface area contributed by atoms with Gasteiger partial charge in [0.15, 0.2) is 0 Å². The van der Waals surface area contributed by atoms with E-state index in [1.165, 1.54) is 31.6 Å². The van der Waals surface area contributed by atoms with Crippen molar-refractivity contribution in [1.29, 1.82) is 0 Å². The van der Waals surface area contributed by atoms with Gasteiger partial charge in [0, 0.05) is 0 Å². The second-order valence-corrected chi connectivity index (χ2v) is 4.11. The number of nitrogens with two attached hydrogens (primary N) is 3. The Labute approximate surface area is 90.2 Å². The molecule has 0 aromatic carbocycles. The smallest absolute Gasteiger partial charge is 0.274 e. The standard InChI is InChI=1S/C4H11N2.H3NO3S.Na/c1-4(6)2-3-5;1-5(2,3)4;/h4H,1-3,5-6H2;(H3,1,2,3,4);. The Morgan fingerprint density at radius 3 is 1.92 bits per heavy atom. The van der Waals surface area contributed by atoms with Crippen LogP contribution in [0.15, 0.2) is 0 Å². The molecule has 0 aromatic rings. The molecule has 7 N–H and O–H groups in total. The molecule has 0 aliphatic rings. The molecule has 0 amide bonds. The predicted octanol–water partition coefficient (Wildman–Crippen LogP) is -2.00. The molecule has 1 atom stereocenters. The van der Waals surface area contributed by atoms with Crippen LogP contribution >= 0.6 is 0 Å². The molecule has 0 rings (SSSR count). The van der Waals surface area contributed by atoms with Gasteiger partial charge in [0.2, 0.25) is 0 Å². The molecule has 0 saturated heterocycles. The summed E-state index contributed by atoms with van der Waals surface area (Å²) in [5, 5.41) is 3.88. The van der Waals surface area contributed by atoms with E-state index in [-0.39, 0.29) is 0 Å². The first kappa shape index (κ1) is 15.3. The summed E-state index contributed by atoms with van der Waals surface area (Å²) >= 11 is 1.21. The van der Waals surface area contributed by atoms with E-state index in [0.29, 0.717) is 6.04 Å². The molecule has 12 heavy (non-hydrogen) atoms. The minimum absolute atomic E-state index is 0.386. The molecule has 0 aromatic heterocycles. The molecule has 0 heterocycles.